The fourth-order valence-electron chi connectivity index (χ4n) is 8.44. The predicted molar refractivity (Wildman–Crippen MR) is 137 cm³/mol. The third-order valence-electron chi connectivity index (χ3n) is 10.7. The van der Waals surface area contributed by atoms with Crippen LogP contribution in [0.4, 0.5) is 0 Å². The summed E-state index contributed by atoms with van der Waals surface area (Å²) >= 11 is 0. The molecule has 0 spiro atoms. The number of carboxylic acids is 2. The van der Waals surface area contributed by atoms with E-state index in [1.165, 1.54) is 24.8 Å². The quantitative estimate of drug-likeness (QED) is 0.268. The van der Waals surface area contributed by atoms with Crippen LogP contribution in [0.5, 0.6) is 0 Å². The highest BCUT2D eigenvalue weighted by Crippen LogP contribution is 2.71. The highest BCUT2D eigenvalue weighted by molar-refractivity contribution is 5.85. The summed E-state index contributed by atoms with van der Waals surface area (Å²) in [6.07, 6.45) is 12.9. The van der Waals surface area contributed by atoms with E-state index in [0.29, 0.717) is 35.7 Å². The van der Waals surface area contributed by atoms with Gasteiger partial charge in [0.1, 0.15) is 0 Å². The summed E-state index contributed by atoms with van der Waals surface area (Å²) in [5.74, 6) is 0.416. The first-order chi connectivity index (χ1) is 15.8. The van der Waals surface area contributed by atoms with Gasteiger partial charge in [-0.05, 0) is 105 Å². The summed E-state index contributed by atoms with van der Waals surface area (Å²) in [7, 11) is 0. The van der Waals surface area contributed by atoms with Crippen molar-refractivity contribution in [3.63, 3.8) is 0 Å². The molecule has 0 unspecified atom stereocenters. The van der Waals surface area contributed by atoms with Crippen molar-refractivity contribution >= 4 is 11.9 Å². The Morgan fingerprint density at radius 3 is 2.44 bits per heavy atom. The molecular weight excluding hydrogens is 424 g/mol. The van der Waals surface area contributed by atoms with E-state index < -0.39 is 11.9 Å². The summed E-state index contributed by atoms with van der Waals surface area (Å²) in [4.78, 5) is 22.7. The van der Waals surface area contributed by atoms with Crippen molar-refractivity contribution < 1.29 is 19.8 Å². The molecule has 190 valence electrons. The first-order valence-corrected chi connectivity index (χ1v) is 13.3. The maximum absolute atomic E-state index is 11.5. The van der Waals surface area contributed by atoms with Gasteiger partial charge in [-0.25, -0.2) is 4.79 Å². The molecule has 0 saturated heterocycles. The van der Waals surface area contributed by atoms with Gasteiger partial charge in [-0.15, -0.1) is 0 Å². The van der Waals surface area contributed by atoms with Gasteiger partial charge in [0.05, 0.1) is 0 Å². The molecular formula is C30H46O4. The lowest BCUT2D eigenvalue weighted by molar-refractivity contribution is -0.138. The van der Waals surface area contributed by atoms with Crippen molar-refractivity contribution in [3.05, 3.63) is 35.5 Å². The summed E-state index contributed by atoms with van der Waals surface area (Å²) in [6.45, 7) is 17.8. The Hall–Kier alpha value is -1.84. The lowest BCUT2D eigenvalue weighted by Gasteiger charge is -2.60. The molecule has 0 aromatic rings. The summed E-state index contributed by atoms with van der Waals surface area (Å²) in [5, 5.41) is 18.6. The second-order valence-electron chi connectivity index (χ2n) is 12.4. The molecule has 0 amide bonds. The standard InChI is InChI=1S/C30H46O4/c1-19(2)22-11-12-25-24(28(22,5)16-15-26(31)32)14-18-29(6)23(13-17-30(25,29)7)20(3)9-8-10-21(4)27(33)34/h10,12,20,22-24H,1,8-9,11,13-18H2,2-7H3,(H,31,32)(H,33,34)/t20-,22+,23-,24-,28+,29-,30+/m1/s1. The Morgan fingerprint density at radius 1 is 1.18 bits per heavy atom. The van der Waals surface area contributed by atoms with E-state index in [4.69, 9.17) is 5.11 Å². The molecule has 0 heterocycles. The van der Waals surface area contributed by atoms with Crippen molar-refractivity contribution in [1.82, 2.24) is 0 Å². The molecule has 4 heteroatoms. The summed E-state index contributed by atoms with van der Waals surface area (Å²) in [5.41, 5.74) is 3.54. The molecule has 3 aliphatic rings. The molecule has 2 N–H and O–H groups in total. The van der Waals surface area contributed by atoms with Gasteiger partial charge in [0, 0.05) is 12.0 Å². The van der Waals surface area contributed by atoms with Crippen LogP contribution >= 0.6 is 0 Å². The monoisotopic (exact) mass is 470 g/mol. The molecule has 3 rings (SSSR count). The zero-order valence-corrected chi connectivity index (χ0v) is 22.2. The molecule has 3 aliphatic carbocycles. The molecule has 4 nitrogen and oxygen atoms in total. The number of fused-ring (bicyclic) bond motifs is 3. The zero-order chi connectivity index (χ0) is 25.5. The number of hydrogen-bond acceptors (Lipinski definition) is 2. The highest BCUT2D eigenvalue weighted by atomic mass is 16.4. The smallest absolute Gasteiger partial charge is 0.330 e. The van der Waals surface area contributed by atoms with E-state index in [2.05, 4.69) is 47.3 Å². The third kappa shape index (κ3) is 4.42. The van der Waals surface area contributed by atoms with Gasteiger partial charge in [0.15, 0.2) is 0 Å². The minimum atomic E-state index is -0.824. The van der Waals surface area contributed by atoms with Gasteiger partial charge in [-0.3, -0.25) is 4.79 Å². The second kappa shape index (κ2) is 9.66. The second-order valence-corrected chi connectivity index (χ2v) is 12.4. The van der Waals surface area contributed by atoms with Gasteiger partial charge in [0.2, 0.25) is 0 Å². The Morgan fingerprint density at radius 2 is 1.85 bits per heavy atom. The van der Waals surface area contributed by atoms with E-state index in [-0.39, 0.29) is 22.7 Å². The first kappa shape index (κ1) is 26.8. The first-order valence-electron chi connectivity index (χ1n) is 13.3. The van der Waals surface area contributed by atoms with Crippen LogP contribution in [0.2, 0.25) is 0 Å². The number of allylic oxidation sites excluding steroid dienone is 4. The van der Waals surface area contributed by atoms with E-state index in [9.17, 15) is 14.7 Å². The summed E-state index contributed by atoms with van der Waals surface area (Å²) < 4.78 is 0. The Bertz CT molecular complexity index is 897. The van der Waals surface area contributed by atoms with Crippen molar-refractivity contribution in [2.45, 2.75) is 99.3 Å². The minimum absolute atomic E-state index is 0.0541. The van der Waals surface area contributed by atoms with Gasteiger partial charge in [-0.1, -0.05) is 57.6 Å². The van der Waals surface area contributed by atoms with Crippen LogP contribution in [0.15, 0.2) is 35.5 Å². The number of rotatable bonds is 9. The van der Waals surface area contributed by atoms with Crippen molar-refractivity contribution in [2.75, 3.05) is 0 Å². The van der Waals surface area contributed by atoms with Crippen molar-refractivity contribution in [1.29, 1.82) is 0 Å². The summed E-state index contributed by atoms with van der Waals surface area (Å²) in [6, 6.07) is 0. The van der Waals surface area contributed by atoms with E-state index in [1.807, 2.05) is 6.08 Å². The van der Waals surface area contributed by atoms with Crippen molar-refractivity contribution in [2.24, 2.45) is 39.9 Å². The molecule has 7 atom stereocenters. The number of hydrogen-bond donors (Lipinski definition) is 2. The average molecular weight is 471 g/mol. The van der Waals surface area contributed by atoms with Crippen LogP contribution in [-0.2, 0) is 9.59 Å². The predicted octanol–water partition coefficient (Wildman–Crippen LogP) is 7.66. The topological polar surface area (TPSA) is 74.6 Å². The van der Waals surface area contributed by atoms with E-state index >= 15 is 0 Å². The van der Waals surface area contributed by atoms with Crippen molar-refractivity contribution in [3.8, 4) is 0 Å². The Balaban J connectivity index is 1.87. The van der Waals surface area contributed by atoms with E-state index in [0.717, 1.165) is 25.7 Å². The van der Waals surface area contributed by atoms with Crippen LogP contribution in [0.1, 0.15) is 99.3 Å². The van der Waals surface area contributed by atoms with Crippen LogP contribution in [0.3, 0.4) is 0 Å². The van der Waals surface area contributed by atoms with Gasteiger partial charge in [-0.2, -0.15) is 0 Å². The number of carboxylic acid groups (broad SMARTS) is 2. The van der Waals surface area contributed by atoms with Crippen LogP contribution in [0.25, 0.3) is 0 Å². The SMILES string of the molecule is C=C(C)[C@@H]1CC=C2[C@@H](CC[C@]3(C)[C@@H]([C@H](C)CCC=C(C)C(=O)O)CC[C@@]23C)[C@@]1(C)CCC(=O)O. The number of aliphatic carboxylic acids is 2. The maximum atomic E-state index is 11.5. The molecule has 2 saturated carbocycles. The zero-order valence-electron chi connectivity index (χ0n) is 22.2. The molecule has 0 radical (unpaired) electrons. The molecule has 34 heavy (non-hydrogen) atoms. The van der Waals surface area contributed by atoms with Gasteiger partial charge >= 0.3 is 11.9 Å². The maximum Gasteiger partial charge on any atom is 0.330 e. The van der Waals surface area contributed by atoms with E-state index in [1.54, 1.807) is 12.5 Å². The average Bonchev–Trinajstić information content (AvgIpc) is 3.03. The largest absolute Gasteiger partial charge is 0.481 e. The molecule has 2 fully saturated rings. The highest BCUT2D eigenvalue weighted by Gasteiger charge is 2.63. The van der Waals surface area contributed by atoms with Gasteiger partial charge < -0.3 is 10.2 Å². The lowest BCUT2D eigenvalue weighted by Crippen LogP contribution is -2.52. The fraction of sp³-hybridized carbons (Fsp3) is 0.733. The third-order valence-corrected chi connectivity index (χ3v) is 10.7. The number of carbonyl (C=O) groups is 2. The Kier molecular flexibility index (Phi) is 7.60. The minimum Gasteiger partial charge on any atom is -0.481 e. The molecule has 0 bridgehead atoms. The molecule has 0 aromatic carbocycles. The Labute approximate surface area is 206 Å². The fourth-order valence-corrected chi connectivity index (χ4v) is 8.44. The van der Waals surface area contributed by atoms with Gasteiger partial charge in [0.25, 0.3) is 0 Å². The van der Waals surface area contributed by atoms with Crippen LogP contribution < -0.4 is 0 Å². The van der Waals surface area contributed by atoms with Crippen LogP contribution in [-0.4, -0.2) is 22.2 Å². The molecule has 0 aliphatic heterocycles. The lowest BCUT2D eigenvalue weighted by atomic mass is 9.44. The normalized spacial score (nSPS) is 38.5. The molecule has 0 aromatic heterocycles. The van der Waals surface area contributed by atoms with Crippen LogP contribution in [0, 0.1) is 39.9 Å².